The first-order valence-corrected chi connectivity index (χ1v) is 6.28. The van der Waals surface area contributed by atoms with Gasteiger partial charge in [0.15, 0.2) is 0 Å². The van der Waals surface area contributed by atoms with Crippen molar-refractivity contribution in [3.8, 4) is 5.88 Å². The second-order valence-corrected chi connectivity index (χ2v) is 5.19. The second-order valence-electron chi connectivity index (χ2n) is 4.83. The summed E-state index contributed by atoms with van der Waals surface area (Å²) >= 11 is 6.09. The Morgan fingerprint density at radius 1 is 1.25 bits per heavy atom. The van der Waals surface area contributed by atoms with Crippen molar-refractivity contribution in [2.24, 2.45) is 5.92 Å². The molecule has 2 aliphatic rings. The summed E-state index contributed by atoms with van der Waals surface area (Å²) in [6.07, 6.45) is 4.93. The zero-order valence-corrected chi connectivity index (χ0v) is 10.1. The van der Waals surface area contributed by atoms with Crippen LogP contribution < -0.4 is 4.74 Å². The van der Waals surface area contributed by atoms with Crippen molar-refractivity contribution in [3.05, 3.63) is 16.5 Å². The summed E-state index contributed by atoms with van der Waals surface area (Å²) in [6, 6.07) is 0. The summed E-state index contributed by atoms with van der Waals surface area (Å²) in [5, 5.41) is 0.544. The summed E-state index contributed by atoms with van der Waals surface area (Å²) in [4.78, 5) is 8.79. The predicted octanol–water partition coefficient (Wildman–Crippen LogP) is 3.10. The van der Waals surface area contributed by atoms with Crippen molar-refractivity contribution < 1.29 is 4.74 Å². The van der Waals surface area contributed by atoms with Crippen LogP contribution in [-0.2, 0) is 0 Å². The molecule has 1 aromatic rings. The Balaban J connectivity index is 1.81. The van der Waals surface area contributed by atoms with Gasteiger partial charge < -0.3 is 4.74 Å². The SMILES string of the molecule is Cc1c(Cl)nc(C2CC2)nc1OCC1CC1. The molecule has 0 bridgehead atoms. The maximum atomic E-state index is 6.09. The maximum Gasteiger partial charge on any atom is 0.221 e. The highest BCUT2D eigenvalue weighted by Gasteiger charge is 2.29. The minimum absolute atomic E-state index is 0.515. The number of rotatable bonds is 4. The lowest BCUT2D eigenvalue weighted by Crippen LogP contribution is -2.06. The molecule has 2 saturated carbocycles. The van der Waals surface area contributed by atoms with Gasteiger partial charge in [-0.3, -0.25) is 0 Å². The highest BCUT2D eigenvalue weighted by molar-refractivity contribution is 6.30. The minimum atomic E-state index is 0.515. The molecule has 2 aliphatic carbocycles. The molecule has 0 unspecified atom stereocenters. The molecular weight excluding hydrogens is 224 g/mol. The van der Waals surface area contributed by atoms with E-state index in [1.54, 1.807) is 0 Å². The van der Waals surface area contributed by atoms with Crippen molar-refractivity contribution in [1.29, 1.82) is 0 Å². The number of hydrogen-bond acceptors (Lipinski definition) is 3. The smallest absolute Gasteiger partial charge is 0.221 e. The molecule has 1 heterocycles. The van der Waals surface area contributed by atoms with Crippen molar-refractivity contribution >= 4 is 11.6 Å². The lowest BCUT2D eigenvalue weighted by Gasteiger charge is -2.09. The largest absolute Gasteiger partial charge is 0.477 e. The van der Waals surface area contributed by atoms with Crippen molar-refractivity contribution in [2.45, 2.75) is 38.5 Å². The first kappa shape index (κ1) is 10.3. The van der Waals surface area contributed by atoms with Crippen LogP contribution in [0, 0.1) is 12.8 Å². The number of ether oxygens (including phenoxy) is 1. The molecule has 0 spiro atoms. The lowest BCUT2D eigenvalue weighted by atomic mass is 10.3. The van der Waals surface area contributed by atoms with Gasteiger partial charge >= 0.3 is 0 Å². The van der Waals surface area contributed by atoms with Gasteiger partial charge in [-0.1, -0.05) is 11.6 Å². The normalized spacial score (nSPS) is 19.9. The van der Waals surface area contributed by atoms with Crippen molar-refractivity contribution in [1.82, 2.24) is 9.97 Å². The second kappa shape index (κ2) is 3.88. The van der Waals surface area contributed by atoms with E-state index in [2.05, 4.69) is 9.97 Å². The molecule has 86 valence electrons. The third kappa shape index (κ3) is 2.14. The molecule has 0 atom stereocenters. The Bertz CT molecular complexity index is 414. The summed E-state index contributed by atoms with van der Waals surface area (Å²) < 4.78 is 5.72. The Morgan fingerprint density at radius 2 is 2.00 bits per heavy atom. The molecule has 0 amide bonds. The van der Waals surface area contributed by atoms with Gasteiger partial charge in [0.2, 0.25) is 5.88 Å². The molecule has 0 aromatic carbocycles. The first-order chi connectivity index (χ1) is 7.74. The van der Waals surface area contributed by atoms with E-state index in [1.165, 1.54) is 25.7 Å². The van der Waals surface area contributed by atoms with E-state index >= 15 is 0 Å². The monoisotopic (exact) mass is 238 g/mol. The molecule has 3 rings (SSSR count). The van der Waals surface area contributed by atoms with Crippen LogP contribution in [0.3, 0.4) is 0 Å². The quantitative estimate of drug-likeness (QED) is 0.756. The highest BCUT2D eigenvalue weighted by atomic mass is 35.5. The average molecular weight is 239 g/mol. The van der Waals surface area contributed by atoms with Gasteiger partial charge in [-0.25, -0.2) is 4.98 Å². The third-order valence-electron chi connectivity index (χ3n) is 3.15. The van der Waals surface area contributed by atoms with E-state index in [4.69, 9.17) is 16.3 Å². The number of hydrogen-bond donors (Lipinski definition) is 0. The molecule has 2 fully saturated rings. The van der Waals surface area contributed by atoms with E-state index in [0.29, 0.717) is 17.0 Å². The molecule has 0 N–H and O–H groups in total. The zero-order chi connectivity index (χ0) is 11.1. The van der Waals surface area contributed by atoms with Crippen LogP contribution in [-0.4, -0.2) is 16.6 Å². The van der Waals surface area contributed by atoms with Gasteiger partial charge in [-0.05, 0) is 38.5 Å². The molecule has 1 aromatic heterocycles. The van der Waals surface area contributed by atoms with Crippen LogP contribution in [0.4, 0.5) is 0 Å². The van der Waals surface area contributed by atoms with E-state index in [9.17, 15) is 0 Å². The molecule has 16 heavy (non-hydrogen) atoms. The van der Waals surface area contributed by atoms with Gasteiger partial charge in [-0.2, -0.15) is 4.98 Å². The van der Waals surface area contributed by atoms with Crippen LogP contribution in [0.15, 0.2) is 0 Å². The summed E-state index contributed by atoms with van der Waals surface area (Å²) in [5.41, 5.74) is 0.867. The number of halogens is 1. The fraction of sp³-hybridized carbons (Fsp3) is 0.667. The number of nitrogens with zero attached hydrogens (tertiary/aromatic N) is 2. The molecule has 3 nitrogen and oxygen atoms in total. The number of aromatic nitrogens is 2. The third-order valence-corrected chi connectivity index (χ3v) is 3.52. The van der Waals surface area contributed by atoms with E-state index in [1.807, 2.05) is 6.92 Å². The predicted molar refractivity (Wildman–Crippen MR) is 62.0 cm³/mol. The Morgan fingerprint density at radius 3 is 2.62 bits per heavy atom. The van der Waals surface area contributed by atoms with E-state index in [0.717, 1.165) is 23.9 Å². The van der Waals surface area contributed by atoms with Crippen LogP contribution >= 0.6 is 11.6 Å². The summed E-state index contributed by atoms with van der Waals surface area (Å²) in [5.74, 6) is 2.80. The van der Waals surface area contributed by atoms with Crippen LogP contribution in [0.25, 0.3) is 0 Å². The van der Waals surface area contributed by atoms with Gasteiger partial charge in [0, 0.05) is 11.5 Å². The minimum Gasteiger partial charge on any atom is -0.477 e. The molecular formula is C12H15ClN2O. The lowest BCUT2D eigenvalue weighted by molar-refractivity contribution is 0.285. The van der Waals surface area contributed by atoms with Crippen LogP contribution in [0.5, 0.6) is 5.88 Å². The average Bonchev–Trinajstić information content (AvgIpc) is 3.14. The van der Waals surface area contributed by atoms with E-state index in [-0.39, 0.29) is 0 Å². The summed E-state index contributed by atoms with van der Waals surface area (Å²) in [6.45, 7) is 2.69. The van der Waals surface area contributed by atoms with Crippen LogP contribution in [0.1, 0.15) is 43.0 Å². The first-order valence-electron chi connectivity index (χ1n) is 5.91. The van der Waals surface area contributed by atoms with Gasteiger partial charge in [-0.15, -0.1) is 0 Å². The fourth-order valence-corrected chi connectivity index (χ4v) is 1.80. The molecule has 4 heteroatoms. The Hall–Kier alpha value is -0.830. The van der Waals surface area contributed by atoms with Gasteiger partial charge in [0.05, 0.1) is 6.61 Å². The Kier molecular flexibility index (Phi) is 2.51. The topological polar surface area (TPSA) is 35.0 Å². The van der Waals surface area contributed by atoms with Gasteiger partial charge in [0.25, 0.3) is 0 Å². The fourth-order valence-electron chi connectivity index (χ4n) is 1.63. The zero-order valence-electron chi connectivity index (χ0n) is 9.37. The van der Waals surface area contributed by atoms with Crippen LogP contribution in [0.2, 0.25) is 5.15 Å². The summed E-state index contributed by atoms with van der Waals surface area (Å²) in [7, 11) is 0. The Labute approximate surface area is 100 Å². The molecule has 0 aliphatic heterocycles. The van der Waals surface area contributed by atoms with Crippen molar-refractivity contribution in [2.75, 3.05) is 6.61 Å². The molecule has 0 saturated heterocycles. The highest BCUT2D eigenvalue weighted by Crippen LogP contribution is 2.40. The standard InChI is InChI=1S/C12H15ClN2O/c1-7-10(13)14-11(9-4-5-9)15-12(7)16-6-8-2-3-8/h8-9H,2-6H2,1H3. The van der Waals surface area contributed by atoms with E-state index < -0.39 is 0 Å². The maximum absolute atomic E-state index is 6.09. The van der Waals surface area contributed by atoms with Crippen molar-refractivity contribution in [3.63, 3.8) is 0 Å². The molecule has 0 radical (unpaired) electrons. The van der Waals surface area contributed by atoms with Gasteiger partial charge in [0.1, 0.15) is 11.0 Å².